The molecule has 0 amide bonds. The topological polar surface area (TPSA) is 50.1 Å². The zero-order valence-corrected chi connectivity index (χ0v) is 9.82. The number of aromatic nitrogens is 2. The van der Waals surface area contributed by atoms with Gasteiger partial charge < -0.3 is 15.0 Å². The van der Waals surface area contributed by atoms with Crippen molar-refractivity contribution < 1.29 is 5.11 Å². The summed E-state index contributed by atoms with van der Waals surface area (Å²) in [5, 5.41) is 12.2. The van der Waals surface area contributed by atoms with Crippen molar-refractivity contribution in [2.45, 2.75) is 33.7 Å². The van der Waals surface area contributed by atoms with Crippen LogP contribution in [0.3, 0.4) is 0 Å². The molecule has 0 aliphatic rings. The van der Waals surface area contributed by atoms with Crippen LogP contribution in [0.5, 0.6) is 0 Å². The van der Waals surface area contributed by atoms with E-state index < -0.39 is 0 Å². The second kappa shape index (κ2) is 5.16. The highest BCUT2D eigenvalue weighted by atomic mass is 16.3. The number of nitrogens with zero attached hydrogens (tertiary/aromatic N) is 2. The molecule has 86 valence electrons. The number of anilines is 1. The Morgan fingerprint density at radius 2 is 2.27 bits per heavy atom. The number of hydrogen-bond acceptors (Lipinski definition) is 3. The average Bonchev–Trinajstić information content (AvgIpc) is 2.62. The van der Waals surface area contributed by atoms with Gasteiger partial charge in [-0.3, -0.25) is 0 Å². The molecule has 0 radical (unpaired) electrons. The third kappa shape index (κ3) is 3.55. The van der Waals surface area contributed by atoms with Gasteiger partial charge in [-0.25, -0.2) is 4.98 Å². The van der Waals surface area contributed by atoms with Crippen LogP contribution in [0.15, 0.2) is 12.4 Å². The van der Waals surface area contributed by atoms with Crippen molar-refractivity contribution in [1.82, 2.24) is 9.55 Å². The molecule has 4 nitrogen and oxygen atoms in total. The molecule has 1 rings (SSSR count). The molecule has 15 heavy (non-hydrogen) atoms. The molecule has 0 aliphatic heterocycles. The van der Waals surface area contributed by atoms with E-state index in [4.69, 9.17) is 5.11 Å². The Balaban J connectivity index is 2.49. The Hall–Kier alpha value is -1.03. The van der Waals surface area contributed by atoms with Crippen LogP contribution in [0.25, 0.3) is 0 Å². The Kier molecular flexibility index (Phi) is 4.15. The zero-order chi connectivity index (χ0) is 11.3. The monoisotopic (exact) mass is 211 g/mol. The summed E-state index contributed by atoms with van der Waals surface area (Å²) in [5.41, 5.74) is 0.0965. The molecule has 0 aromatic carbocycles. The Bertz CT molecular complexity index is 294. The summed E-state index contributed by atoms with van der Waals surface area (Å²) in [6.45, 7) is 8.33. The lowest BCUT2D eigenvalue weighted by atomic mass is 9.90. The van der Waals surface area contributed by atoms with Crippen LogP contribution in [0.2, 0.25) is 0 Å². The molecule has 0 fully saturated rings. The summed E-state index contributed by atoms with van der Waals surface area (Å²) < 4.78 is 2.06. The lowest BCUT2D eigenvalue weighted by Crippen LogP contribution is -2.25. The summed E-state index contributed by atoms with van der Waals surface area (Å²) in [7, 11) is 0. The summed E-state index contributed by atoms with van der Waals surface area (Å²) >= 11 is 0. The smallest absolute Gasteiger partial charge is 0.202 e. The van der Waals surface area contributed by atoms with Crippen molar-refractivity contribution >= 4 is 5.95 Å². The Morgan fingerprint density at radius 3 is 2.87 bits per heavy atom. The zero-order valence-electron chi connectivity index (χ0n) is 9.82. The van der Waals surface area contributed by atoms with Gasteiger partial charge in [-0.2, -0.15) is 0 Å². The molecule has 0 unspecified atom stereocenters. The summed E-state index contributed by atoms with van der Waals surface area (Å²) in [6.07, 6.45) is 4.55. The molecule has 0 atom stereocenters. The maximum Gasteiger partial charge on any atom is 0.202 e. The quantitative estimate of drug-likeness (QED) is 0.753. The van der Waals surface area contributed by atoms with Crippen LogP contribution in [0.4, 0.5) is 5.95 Å². The molecule has 1 heterocycles. The van der Waals surface area contributed by atoms with E-state index in [9.17, 15) is 0 Å². The standard InChI is InChI=1S/C11H21N3O/c1-4-14-7-6-12-10(14)13-9-11(2,3)5-8-15/h6-7,15H,4-5,8-9H2,1-3H3,(H,12,13). The number of aliphatic hydroxyl groups is 1. The van der Waals surface area contributed by atoms with Gasteiger partial charge in [0.25, 0.3) is 0 Å². The summed E-state index contributed by atoms with van der Waals surface area (Å²) in [4.78, 5) is 4.24. The molecule has 2 N–H and O–H groups in total. The van der Waals surface area contributed by atoms with Crippen LogP contribution < -0.4 is 5.32 Å². The highest BCUT2D eigenvalue weighted by Crippen LogP contribution is 2.20. The second-order valence-electron chi connectivity index (χ2n) is 4.53. The van der Waals surface area contributed by atoms with E-state index in [2.05, 4.69) is 35.6 Å². The van der Waals surface area contributed by atoms with Gasteiger partial charge in [0.2, 0.25) is 5.95 Å². The Morgan fingerprint density at radius 1 is 1.53 bits per heavy atom. The molecular weight excluding hydrogens is 190 g/mol. The first kappa shape index (κ1) is 12.0. The lowest BCUT2D eigenvalue weighted by molar-refractivity contribution is 0.220. The minimum atomic E-state index is 0.0965. The SMILES string of the molecule is CCn1ccnc1NCC(C)(C)CCO. The largest absolute Gasteiger partial charge is 0.396 e. The van der Waals surface area contributed by atoms with E-state index in [1.165, 1.54) is 0 Å². The highest BCUT2D eigenvalue weighted by Gasteiger charge is 2.17. The number of hydrogen-bond donors (Lipinski definition) is 2. The first-order valence-corrected chi connectivity index (χ1v) is 5.45. The third-order valence-corrected chi connectivity index (χ3v) is 2.57. The minimum absolute atomic E-state index is 0.0965. The van der Waals surface area contributed by atoms with E-state index in [-0.39, 0.29) is 12.0 Å². The van der Waals surface area contributed by atoms with Gasteiger partial charge in [-0.15, -0.1) is 0 Å². The predicted octanol–water partition coefficient (Wildman–Crippen LogP) is 1.72. The maximum absolute atomic E-state index is 8.91. The van der Waals surface area contributed by atoms with Crippen molar-refractivity contribution in [2.24, 2.45) is 5.41 Å². The van der Waals surface area contributed by atoms with Gasteiger partial charge >= 0.3 is 0 Å². The molecule has 0 saturated carbocycles. The molecule has 1 aromatic rings. The van der Waals surface area contributed by atoms with Crippen LogP contribution in [0, 0.1) is 5.41 Å². The number of aliphatic hydroxyl groups excluding tert-OH is 1. The summed E-state index contributed by atoms with van der Waals surface area (Å²) in [6, 6.07) is 0. The first-order valence-electron chi connectivity index (χ1n) is 5.45. The van der Waals surface area contributed by atoms with Gasteiger partial charge in [0.1, 0.15) is 0 Å². The van der Waals surface area contributed by atoms with E-state index in [1.54, 1.807) is 6.20 Å². The van der Waals surface area contributed by atoms with Gasteiger partial charge in [-0.1, -0.05) is 13.8 Å². The van der Waals surface area contributed by atoms with Gasteiger partial charge in [0.05, 0.1) is 0 Å². The van der Waals surface area contributed by atoms with Gasteiger partial charge in [0.15, 0.2) is 0 Å². The fraction of sp³-hybridized carbons (Fsp3) is 0.727. The maximum atomic E-state index is 8.91. The molecule has 0 bridgehead atoms. The molecular formula is C11H21N3O. The van der Waals surface area contributed by atoms with Crippen molar-refractivity contribution in [3.8, 4) is 0 Å². The van der Waals surface area contributed by atoms with Crippen molar-refractivity contribution in [3.05, 3.63) is 12.4 Å². The van der Waals surface area contributed by atoms with Crippen LogP contribution in [-0.4, -0.2) is 27.8 Å². The van der Waals surface area contributed by atoms with Crippen LogP contribution in [-0.2, 0) is 6.54 Å². The molecule has 4 heteroatoms. The fourth-order valence-corrected chi connectivity index (χ4v) is 1.44. The van der Waals surface area contributed by atoms with E-state index in [0.717, 1.165) is 25.5 Å². The van der Waals surface area contributed by atoms with E-state index in [1.807, 2.05) is 6.20 Å². The average molecular weight is 211 g/mol. The van der Waals surface area contributed by atoms with Crippen molar-refractivity contribution in [2.75, 3.05) is 18.5 Å². The number of rotatable bonds is 6. The van der Waals surface area contributed by atoms with E-state index in [0.29, 0.717) is 0 Å². The second-order valence-corrected chi connectivity index (χ2v) is 4.53. The third-order valence-electron chi connectivity index (χ3n) is 2.57. The normalized spacial score (nSPS) is 11.7. The van der Waals surface area contributed by atoms with Gasteiger partial charge in [-0.05, 0) is 18.8 Å². The molecule has 1 aromatic heterocycles. The lowest BCUT2D eigenvalue weighted by Gasteiger charge is -2.24. The Labute approximate surface area is 91.3 Å². The molecule has 0 saturated heterocycles. The van der Waals surface area contributed by atoms with Crippen molar-refractivity contribution in [3.63, 3.8) is 0 Å². The van der Waals surface area contributed by atoms with Gasteiger partial charge in [0, 0.05) is 32.1 Å². The van der Waals surface area contributed by atoms with Crippen molar-refractivity contribution in [1.29, 1.82) is 0 Å². The number of imidazole rings is 1. The van der Waals surface area contributed by atoms with Crippen LogP contribution >= 0.6 is 0 Å². The first-order chi connectivity index (χ1) is 7.09. The van der Waals surface area contributed by atoms with E-state index >= 15 is 0 Å². The highest BCUT2D eigenvalue weighted by molar-refractivity contribution is 5.26. The fourth-order valence-electron chi connectivity index (χ4n) is 1.44. The predicted molar refractivity (Wildman–Crippen MR) is 61.9 cm³/mol. The number of nitrogens with one attached hydrogen (secondary N) is 1. The summed E-state index contributed by atoms with van der Waals surface area (Å²) in [5.74, 6) is 0.906. The number of aryl methyl sites for hydroxylation is 1. The van der Waals surface area contributed by atoms with Crippen LogP contribution in [0.1, 0.15) is 27.2 Å². The minimum Gasteiger partial charge on any atom is -0.396 e. The molecule has 0 aliphatic carbocycles. The molecule has 0 spiro atoms.